The number of aryl methyl sites for hydroxylation is 3. The van der Waals surface area contributed by atoms with Crippen molar-refractivity contribution in [2.24, 2.45) is 0 Å². The maximum Gasteiger partial charge on any atom is 2.00 e. The first-order valence-electron chi connectivity index (χ1n) is 14.1. The minimum Gasteiger partial charge on any atom is -0.657 e. The number of carboxylic acids is 1. The van der Waals surface area contributed by atoms with Crippen LogP contribution in [0.1, 0.15) is 78.1 Å². The second-order valence-electron chi connectivity index (χ2n) is 10.7. The van der Waals surface area contributed by atoms with E-state index >= 15 is 0 Å². The van der Waals surface area contributed by atoms with Crippen molar-refractivity contribution in [2.45, 2.75) is 53.4 Å². The molecule has 9 heteroatoms. The van der Waals surface area contributed by atoms with E-state index in [-0.39, 0.29) is 48.3 Å². The minimum absolute atomic E-state index is 0. The zero-order valence-electron chi connectivity index (χ0n) is 25.8. The molecule has 0 atom stereocenters. The number of hydrogen-bond acceptors (Lipinski definition) is 6. The fourth-order valence-corrected chi connectivity index (χ4v) is 5.71. The van der Waals surface area contributed by atoms with E-state index in [4.69, 9.17) is 24.7 Å². The van der Waals surface area contributed by atoms with Gasteiger partial charge >= 0.3 is 29.0 Å². The summed E-state index contributed by atoms with van der Waals surface area (Å²) in [5, 5.41) is 11.4. The van der Waals surface area contributed by atoms with Gasteiger partial charge in [0.05, 0.1) is 29.9 Å². The van der Waals surface area contributed by atoms with Gasteiger partial charge in [0.15, 0.2) is 0 Å². The van der Waals surface area contributed by atoms with Gasteiger partial charge in [-0.2, -0.15) is 0 Å². The second kappa shape index (κ2) is 13.2. The van der Waals surface area contributed by atoms with Gasteiger partial charge in [0, 0.05) is 18.0 Å². The minimum atomic E-state index is -1.13. The molecule has 8 nitrogen and oxygen atoms in total. The Labute approximate surface area is 272 Å². The van der Waals surface area contributed by atoms with Crippen LogP contribution in [-0.4, -0.2) is 52.1 Å². The standard InChI is InChI=1S/C35H35N4O4.Mg/c1-8-22-18(3)26-14-27-20(5)24(10-12-34(40)41)32(38-27)17-33-25(11-13-35(42)43-7)21(6)29(39-33)16-31-23(9-2)19(4)28(37-31)15-30(22)36-26;/h8-9,14-17H,1-2,10-13H2,3-7H3,(H2-,36,37,38,39,40,41);/q-1;+2/p-2. The number of fused-ring (bicyclic) bond motifs is 8. The molecule has 0 aliphatic carbocycles. The summed E-state index contributed by atoms with van der Waals surface area (Å²) in [6.45, 7) is 16.0. The SMILES string of the molecule is C=CC1=C(C)c2cc3[n-]c(cc4nc(cc5[n-]c(cc1n2)c(C)c5CCC(=O)OC)C(CCC(=O)[O-])=C4C)c(C)c3C=C.[Mg+2]. The molecule has 5 rings (SSSR count). The predicted octanol–water partition coefficient (Wildman–Crippen LogP) is 5.14. The molecule has 8 bridgehead atoms. The third kappa shape index (κ3) is 6.07. The topological polar surface area (TPSA) is 120 Å². The zero-order chi connectivity index (χ0) is 31.0. The monoisotopic (exact) mass is 597 g/mol. The summed E-state index contributed by atoms with van der Waals surface area (Å²) in [4.78, 5) is 43.4. The number of aliphatic carboxylic acids is 1. The van der Waals surface area contributed by atoms with Gasteiger partial charge in [-0.15, -0.1) is 22.1 Å². The summed E-state index contributed by atoms with van der Waals surface area (Å²) in [5.74, 6) is -1.45. The van der Waals surface area contributed by atoms with Crippen LogP contribution < -0.4 is 15.1 Å². The molecule has 5 heterocycles. The summed E-state index contributed by atoms with van der Waals surface area (Å²) < 4.78 is 4.90. The van der Waals surface area contributed by atoms with Crippen LogP contribution in [0.15, 0.2) is 43.5 Å². The molecule has 0 saturated carbocycles. The molecular weight excluding hydrogens is 565 g/mol. The molecule has 3 aromatic rings. The van der Waals surface area contributed by atoms with Crippen LogP contribution in [0.3, 0.4) is 0 Å². The van der Waals surface area contributed by atoms with Crippen molar-refractivity contribution in [3.8, 4) is 0 Å². The van der Waals surface area contributed by atoms with Gasteiger partial charge in [-0.3, -0.25) is 4.79 Å². The second-order valence-corrected chi connectivity index (χ2v) is 10.7. The number of aromatic nitrogens is 4. The average molecular weight is 598 g/mol. The van der Waals surface area contributed by atoms with Crippen LogP contribution in [0.5, 0.6) is 0 Å². The molecular formula is C35H33MgN4O4-. The maximum absolute atomic E-state index is 12.1. The number of nitrogens with zero attached hydrogens (tertiary/aromatic N) is 4. The van der Waals surface area contributed by atoms with Gasteiger partial charge in [-0.1, -0.05) is 66.3 Å². The Bertz CT molecular complexity index is 1940. The number of esters is 1. The summed E-state index contributed by atoms with van der Waals surface area (Å²) in [5.41, 5.74) is 12.9. The third-order valence-electron chi connectivity index (χ3n) is 8.27. The van der Waals surface area contributed by atoms with Crippen LogP contribution in [-0.2, 0) is 20.7 Å². The van der Waals surface area contributed by atoms with Crippen LogP contribution in [0.4, 0.5) is 0 Å². The zero-order valence-corrected chi connectivity index (χ0v) is 27.2. The molecule has 0 N–H and O–H groups in total. The number of rotatable bonds is 8. The quantitative estimate of drug-likeness (QED) is 0.259. The summed E-state index contributed by atoms with van der Waals surface area (Å²) >= 11 is 0. The fraction of sp³-hybridized carbons (Fsp3) is 0.257. The summed E-state index contributed by atoms with van der Waals surface area (Å²) in [7, 11) is 1.37. The predicted molar refractivity (Wildman–Crippen MR) is 174 cm³/mol. The number of hydrogen-bond donors (Lipinski definition) is 0. The van der Waals surface area contributed by atoms with Crippen molar-refractivity contribution in [2.75, 3.05) is 7.11 Å². The van der Waals surface area contributed by atoms with Crippen molar-refractivity contribution in [1.29, 1.82) is 0 Å². The first-order valence-corrected chi connectivity index (χ1v) is 14.1. The van der Waals surface area contributed by atoms with Gasteiger partial charge in [0.1, 0.15) is 0 Å². The third-order valence-corrected chi connectivity index (χ3v) is 8.27. The van der Waals surface area contributed by atoms with Crippen molar-refractivity contribution in [3.63, 3.8) is 0 Å². The van der Waals surface area contributed by atoms with E-state index in [0.29, 0.717) is 28.8 Å². The Morgan fingerprint density at radius 3 is 2.05 bits per heavy atom. The van der Waals surface area contributed by atoms with Crippen molar-refractivity contribution < 1.29 is 19.4 Å². The number of carbonyl (C=O) groups excluding carboxylic acids is 2. The van der Waals surface area contributed by atoms with E-state index in [2.05, 4.69) is 13.2 Å². The van der Waals surface area contributed by atoms with E-state index < -0.39 is 5.97 Å². The maximum atomic E-state index is 12.1. The van der Waals surface area contributed by atoms with Crippen LogP contribution in [0.2, 0.25) is 0 Å². The normalized spacial score (nSPS) is 12.7. The largest absolute Gasteiger partial charge is 2.00 e. The number of allylic oxidation sites excluding steroid dienone is 5. The van der Waals surface area contributed by atoms with Gasteiger partial charge in [0.2, 0.25) is 0 Å². The summed E-state index contributed by atoms with van der Waals surface area (Å²) in [6.07, 6.45) is 4.31. The molecule has 44 heavy (non-hydrogen) atoms. The van der Waals surface area contributed by atoms with Crippen molar-refractivity contribution in [1.82, 2.24) is 19.9 Å². The molecule has 0 radical (unpaired) electrons. The molecule has 0 spiro atoms. The van der Waals surface area contributed by atoms with Crippen LogP contribution in [0, 0.1) is 13.8 Å². The van der Waals surface area contributed by atoms with E-state index in [1.54, 1.807) is 12.2 Å². The van der Waals surface area contributed by atoms with E-state index in [0.717, 1.165) is 67.0 Å². The van der Waals surface area contributed by atoms with E-state index in [1.165, 1.54) is 7.11 Å². The van der Waals surface area contributed by atoms with Crippen LogP contribution in [0.25, 0.3) is 50.4 Å². The molecule has 0 saturated heterocycles. The van der Waals surface area contributed by atoms with Crippen molar-refractivity contribution >= 4 is 85.4 Å². The molecule has 3 aromatic heterocycles. The summed E-state index contributed by atoms with van der Waals surface area (Å²) in [6, 6.07) is 7.70. The van der Waals surface area contributed by atoms with Crippen LogP contribution >= 0.6 is 0 Å². The number of carbonyl (C=O) groups is 2. The Hall–Kier alpha value is -4.21. The van der Waals surface area contributed by atoms with Gasteiger partial charge < -0.3 is 24.6 Å². The molecule has 0 fully saturated rings. The average Bonchev–Trinajstić information content (AvgIpc) is 3.63. The Kier molecular flexibility index (Phi) is 9.80. The first kappa shape index (κ1) is 32.7. The van der Waals surface area contributed by atoms with Gasteiger partial charge in [0.25, 0.3) is 0 Å². The molecule has 0 aromatic carbocycles. The number of ether oxygens (including phenoxy) is 1. The van der Waals surface area contributed by atoms with E-state index in [1.807, 2.05) is 52.0 Å². The fourth-order valence-electron chi connectivity index (χ4n) is 5.71. The van der Waals surface area contributed by atoms with Crippen molar-refractivity contribution in [3.05, 3.63) is 88.5 Å². The first-order chi connectivity index (χ1) is 20.6. The molecule has 0 amide bonds. The number of carboxylic acid groups (broad SMARTS) is 1. The molecule has 2 aliphatic heterocycles. The smallest absolute Gasteiger partial charge is 0.657 e. The molecule has 220 valence electrons. The Balaban J connectivity index is 0.00000442. The van der Waals surface area contributed by atoms with Gasteiger partial charge in [-0.05, 0) is 69.2 Å². The number of methoxy groups -OCH3 is 1. The molecule has 0 unspecified atom stereocenters. The van der Waals surface area contributed by atoms with E-state index in [9.17, 15) is 14.7 Å². The van der Waals surface area contributed by atoms with Gasteiger partial charge in [-0.25, -0.2) is 9.97 Å². The Morgan fingerprint density at radius 1 is 0.795 bits per heavy atom. The Morgan fingerprint density at radius 2 is 1.39 bits per heavy atom. The molecule has 2 aliphatic rings.